The summed E-state index contributed by atoms with van der Waals surface area (Å²) in [4.78, 5) is 53.6. The predicted octanol–water partition coefficient (Wildman–Crippen LogP) is 2.35. The van der Waals surface area contributed by atoms with Crippen molar-refractivity contribution in [3.63, 3.8) is 0 Å². The van der Waals surface area contributed by atoms with E-state index in [0.717, 1.165) is 6.08 Å². The monoisotopic (exact) mass is 602 g/mol. The number of primary amides is 1. The van der Waals surface area contributed by atoms with Gasteiger partial charge in [-0.25, -0.2) is 4.79 Å². The Morgan fingerprint density at radius 2 is 1.79 bits per heavy atom. The van der Waals surface area contributed by atoms with Gasteiger partial charge in [-0.3, -0.25) is 14.4 Å². The Hall–Kier alpha value is -3.28. The van der Waals surface area contributed by atoms with Crippen molar-refractivity contribution in [3.05, 3.63) is 46.3 Å². The second kappa shape index (κ2) is 16.0. The Morgan fingerprint density at radius 1 is 1.14 bits per heavy atom. The first-order valence-electron chi connectivity index (χ1n) is 14.9. The number of carbonyl (C=O) groups excluding carboxylic acids is 4. The molecule has 43 heavy (non-hydrogen) atoms. The molecule has 1 unspecified atom stereocenters. The molecule has 11 nitrogen and oxygen atoms in total. The van der Waals surface area contributed by atoms with Crippen LogP contribution in [0.2, 0.25) is 0 Å². The molecule has 2 amide bonds. The second-order valence-electron chi connectivity index (χ2n) is 12.5. The van der Waals surface area contributed by atoms with Crippen molar-refractivity contribution in [3.8, 4) is 0 Å². The molecule has 2 bridgehead atoms. The molecule has 2 rings (SSSR count). The third kappa shape index (κ3) is 10.1. The Labute approximate surface area is 255 Å². The number of aliphatic hydroxyl groups is 2. The molecule has 0 saturated heterocycles. The van der Waals surface area contributed by atoms with Gasteiger partial charge >= 0.3 is 6.09 Å². The first-order valence-corrected chi connectivity index (χ1v) is 14.9. The lowest BCUT2D eigenvalue weighted by atomic mass is 9.81. The number of nitrogens with one attached hydrogen (secondary N) is 2. The number of amides is 2. The average Bonchev–Trinajstić information content (AvgIpc) is 2.92. The van der Waals surface area contributed by atoms with Gasteiger partial charge < -0.3 is 36.2 Å². The van der Waals surface area contributed by atoms with Gasteiger partial charge in [0.2, 0.25) is 11.6 Å². The van der Waals surface area contributed by atoms with Crippen molar-refractivity contribution in [2.45, 2.75) is 79.1 Å². The second-order valence-corrected chi connectivity index (χ2v) is 12.5. The number of carbonyl (C=O) groups is 4. The number of rotatable bonds is 5. The number of ketones is 2. The van der Waals surface area contributed by atoms with Crippen LogP contribution in [0.1, 0.15) is 60.8 Å². The molecular weight excluding hydrogens is 552 g/mol. The van der Waals surface area contributed by atoms with Gasteiger partial charge in [-0.2, -0.15) is 0 Å². The minimum absolute atomic E-state index is 0.0517. The number of hydrogen-bond donors (Lipinski definition) is 5. The zero-order valence-electron chi connectivity index (χ0n) is 26.8. The molecule has 1 aliphatic carbocycles. The van der Waals surface area contributed by atoms with Crippen LogP contribution in [-0.4, -0.2) is 84.2 Å². The summed E-state index contributed by atoms with van der Waals surface area (Å²) < 4.78 is 5.38. The van der Waals surface area contributed by atoms with E-state index in [1.54, 1.807) is 20.8 Å². The number of hydrogen-bond acceptors (Lipinski definition) is 9. The molecule has 6 N–H and O–H groups in total. The summed E-state index contributed by atoms with van der Waals surface area (Å²) in [5.74, 6) is -2.59. The molecule has 1 heterocycles. The highest BCUT2D eigenvalue weighted by Gasteiger charge is 2.33. The van der Waals surface area contributed by atoms with Gasteiger partial charge in [0.25, 0.3) is 5.91 Å². The van der Waals surface area contributed by atoms with E-state index < -0.39 is 47.8 Å². The Balaban J connectivity index is 2.53. The average molecular weight is 603 g/mol. The Kier molecular flexibility index (Phi) is 13.3. The topological polar surface area (TPSA) is 171 Å². The van der Waals surface area contributed by atoms with Gasteiger partial charge in [-0.15, -0.1) is 0 Å². The van der Waals surface area contributed by atoms with Crippen molar-refractivity contribution in [1.29, 1.82) is 0 Å². The number of nitrogens with zero attached hydrogens (tertiary/aromatic N) is 1. The molecule has 1 aliphatic heterocycles. The lowest BCUT2D eigenvalue weighted by molar-refractivity contribution is -0.120. The van der Waals surface area contributed by atoms with Crippen molar-refractivity contribution >= 4 is 23.6 Å². The lowest BCUT2D eigenvalue weighted by Crippen LogP contribution is -2.37. The summed E-state index contributed by atoms with van der Waals surface area (Å²) in [6.45, 7) is 11.9. The van der Waals surface area contributed by atoms with Gasteiger partial charge in [0.1, 0.15) is 6.10 Å². The molecule has 0 saturated carbocycles. The molecule has 2 aliphatic rings. The van der Waals surface area contributed by atoms with E-state index in [4.69, 9.17) is 10.5 Å². The maximum absolute atomic E-state index is 13.7. The number of ether oxygens (including phenoxy) is 1. The number of likely N-dealkylation sites (N-methyl/N-ethyl adjacent to an activating group) is 1. The van der Waals surface area contributed by atoms with Gasteiger partial charge in [0, 0.05) is 42.1 Å². The molecule has 240 valence electrons. The Bertz CT molecular complexity index is 1190. The van der Waals surface area contributed by atoms with E-state index in [1.807, 2.05) is 45.8 Å². The first kappa shape index (κ1) is 35.9. The van der Waals surface area contributed by atoms with E-state index >= 15 is 0 Å². The SMILES string of the molecule is C/C1=C\CC(O)[C@H](C)[C@@H](OC(N)=O)/C(C)=C/[C@H](C)[C@@H](O)[C@@H](C)C[C@H](C)CC2=C(NCCN(C)C)C(=O)C=C(NC1=O)C2=O. The third-order valence-corrected chi connectivity index (χ3v) is 8.23. The number of aliphatic hydroxyl groups excluding tert-OH is 2. The van der Waals surface area contributed by atoms with Gasteiger partial charge in [-0.1, -0.05) is 39.8 Å². The van der Waals surface area contributed by atoms with E-state index in [-0.39, 0.29) is 47.6 Å². The van der Waals surface area contributed by atoms with Crippen LogP contribution in [0.4, 0.5) is 4.79 Å². The number of Topliss-reactive ketones (excluding diaryl/α,β-unsaturated/α-hetero) is 1. The Morgan fingerprint density at radius 3 is 2.40 bits per heavy atom. The highest BCUT2D eigenvalue weighted by Crippen LogP contribution is 2.30. The molecule has 0 aromatic heterocycles. The molecule has 7 atom stereocenters. The molecule has 0 aromatic carbocycles. The van der Waals surface area contributed by atoms with Crippen LogP contribution in [0.15, 0.2) is 46.3 Å². The smallest absolute Gasteiger partial charge is 0.405 e. The highest BCUT2D eigenvalue weighted by atomic mass is 16.6. The summed E-state index contributed by atoms with van der Waals surface area (Å²) in [5.41, 5.74) is 6.64. The maximum Gasteiger partial charge on any atom is 0.405 e. The van der Waals surface area contributed by atoms with Gasteiger partial charge in [-0.05, 0) is 64.6 Å². The van der Waals surface area contributed by atoms with Gasteiger partial charge in [0.15, 0.2) is 0 Å². The minimum Gasteiger partial charge on any atom is -0.441 e. The maximum atomic E-state index is 13.7. The summed E-state index contributed by atoms with van der Waals surface area (Å²) in [6.07, 6.45) is 1.77. The number of nitrogens with two attached hydrogens (primary N) is 1. The number of fused-ring (bicyclic) bond motifs is 2. The zero-order chi connectivity index (χ0) is 32.6. The fraction of sp³-hybridized carbons (Fsp3) is 0.625. The van der Waals surface area contributed by atoms with Crippen LogP contribution in [0.5, 0.6) is 0 Å². The summed E-state index contributed by atoms with van der Waals surface area (Å²) >= 11 is 0. The molecule has 11 heteroatoms. The van der Waals surface area contributed by atoms with E-state index in [1.165, 1.54) is 6.08 Å². The summed E-state index contributed by atoms with van der Waals surface area (Å²) in [5, 5.41) is 27.9. The van der Waals surface area contributed by atoms with Crippen LogP contribution in [0.3, 0.4) is 0 Å². The van der Waals surface area contributed by atoms with Crippen molar-refractivity contribution in [2.75, 3.05) is 27.2 Å². The zero-order valence-corrected chi connectivity index (χ0v) is 26.8. The molecule has 0 radical (unpaired) electrons. The van der Waals surface area contributed by atoms with E-state index in [2.05, 4.69) is 10.6 Å². The van der Waals surface area contributed by atoms with Crippen molar-refractivity contribution < 1.29 is 34.1 Å². The standard InChI is InChI=1S/C32H50N4O7/c1-17-13-19(3)28(39)20(4)15-21(5)30(43-32(33)42)22(6)25(37)10-9-18(2)31(41)35-24-16-26(38)27(23(14-17)29(24)40)34-11-12-36(7)8/h9,15-17,19-20,22,25,28,30,34,37,39H,10-14H2,1-8H3,(H2,33,42)(H,35,41)/b18-9+,21-15+/t17-,19-,20-,22-,25?,28-,30-/m0/s1. The van der Waals surface area contributed by atoms with Crippen molar-refractivity contribution in [1.82, 2.24) is 15.5 Å². The quantitative estimate of drug-likeness (QED) is 0.234. The third-order valence-electron chi connectivity index (χ3n) is 8.23. The van der Waals surface area contributed by atoms with Crippen LogP contribution in [0, 0.1) is 23.7 Å². The van der Waals surface area contributed by atoms with E-state index in [0.29, 0.717) is 30.7 Å². The van der Waals surface area contributed by atoms with Crippen LogP contribution >= 0.6 is 0 Å². The molecule has 0 spiro atoms. The number of allylic oxidation sites excluding steroid dienone is 2. The highest BCUT2D eigenvalue weighted by molar-refractivity contribution is 6.23. The summed E-state index contributed by atoms with van der Waals surface area (Å²) in [7, 11) is 3.82. The molecule has 0 aromatic rings. The predicted molar refractivity (Wildman–Crippen MR) is 164 cm³/mol. The summed E-state index contributed by atoms with van der Waals surface area (Å²) in [6, 6.07) is 0. The molecular formula is C32H50N4O7. The lowest BCUT2D eigenvalue weighted by Gasteiger charge is -2.30. The van der Waals surface area contributed by atoms with Gasteiger partial charge in [0.05, 0.1) is 23.6 Å². The minimum atomic E-state index is -1.01. The molecule has 0 fully saturated rings. The van der Waals surface area contributed by atoms with E-state index in [9.17, 15) is 29.4 Å². The van der Waals surface area contributed by atoms with Crippen LogP contribution in [-0.2, 0) is 19.1 Å². The van der Waals surface area contributed by atoms with Crippen LogP contribution in [0.25, 0.3) is 0 Å². The fourth-order valence-electron chi connectivity index (χ4n) is 5.68. The fourth-order valence-corrected chi connectivity index (χ4v) is 5.68. The normalized spacial score (nSPS) is 32.8. The largest absolute Gasteiger partial charge is 0.441 e. The van der Waals surface area contributed by atoms with Crippen molar-refractivity contribution in [2.24, 2.45) is 29.4 Å². The van der Waals surface area contributed by atoms with Crippen LogP contribution < -0.4 is 16.4 Å². The first-order chi connectivity index (χ1) is 20.0.